The van der Waals surface area contributed by atoms with Gasteiger partial charge in [0.05, 0.1) is 4.88 Å². The van der Waals surface area contributed by atoms with Crippen molar-refractivity contribution in [3.8, 4) is 5.75 Å². The van der Waals surface area contributed by atoms with Crippen LogP contribution >= 0.6 is 11.3 Å². The number of carbonyl (C=O) groups is 1. The van der Waals surface area contributed by atoms with E-state index in [0.717, 1.165) is 53.9 Å². The molecule has 0 amide bonds. The Bertz CT molecular complexity index is 982. The van der Waals surface area contributed by atoms with Crippen molar-refractivity contribution in [1.29, 1.82) is 0 Å². The molecule has 1 heterocycles. The monoisotopic (exact) mass is 485 g/mol. The summed E-state index contributed by atoms with van der Waals surface area (Å²) in [6.07, 6.45) is 5.02. The molecule has 0 fully saturated rings. The highest BCUT2D eigenvalue weighted by atomic mass is 32.1. The second kappa shape index (κ2) is 11.4. The summed E-state index contributed by atoms with van der Waals surface area (Å²) in [6.45, 7) is 15.9. The average Bonchev–Trinajstić information content (AvgIpc) is 3.12. The van der Waals surface area contributed by atoms with Crippen molar-refractivity contribution in [3.05, 3.63) is 49.7 Å². The highest BCUT2D eigenvalue weighted by Crippen LogP contribution is 2.42. The van der Waals surface area contributed by atoms with Crippen LogP contribution in [0.25, 0.3) is 0 Å². The van der Waals surface area contributed by atoms with Gasteiger partial charge in [0.2, 0.25) is 0 Å². The van der Waals surface area contributed by atoms with Crippen LogP contribution in [0.3, 0.4) is 0 Å². The van der Waals surface area contributed by atoms with Crippen molar-refractivity contribution in [2.75, 3.05) is 13.2 Å². The van der Waals surface area contributed by atoms with E-state index in [1.54, 1.807) is 11.3 Å². The summed E-state index contributed by atoms with van der Waals surface area (Å²) in [6, 6.07) is 4.58. The Kier molecular flexibility index (Phi) is 8.99. The molecule has 0 bridgehead atoms. The van der Waals surface area contributed by atoms with Crippen LogP contribution in [-0.4, -0.2) is 36.2 Å². The van der Waals surface area contributed by atoms with Gasteiger partial charge in [-0.25, -0.2) is 0 Å². The number of aryl methyl sites for hydroxylation is 4. The van der Waals surface area contributed by atoms with Crippen molar-refractivity contribution in [2.24, 2.45) is 5.41 Å². The predicted octanol–water partition coefficient (Wildman–Crippen LogP) is 6.00. The number of ketones is 1. The predicted molar refractivity (Wildman–Crippen MR) is 143 cm³/mol. The van der Waals surface area contributed by atoms with E-state index < -0.39 is 6.10 Å². The second-order valence-electron chi connectivity index (χ2n) is 11.0. The lowest BCUT2D eigenvalue weighted by molar-refractivity contribution is 0.0984. The smallest absolute Gasteiger partial charge is 0.173 e. The van der Waals surface area contributed by atoms with Crippen LogP contribution < -0.4 is 10.1 Å². The summed E-state index contributed by atoms with van der Waals surface area (Å²) in [7, 11) is 0. The molecule has 1 aromatic heterocycles. The zero-order valence-electron chi connectivity index (χ0n) is 22.1. The summed E-state index contributed by atoms with van der Waals surface area (Å²) in [5.41, 5.74) is 6.41. The maximum atomic E-state index is 13.3. The van der Waals surface area contributed by atoms with Gasteiger partial charge in [-0.3, -0.25) is 4.79 Å². The fourth-order valence-electron chi connectivity index (χ4n) is 4.96. The highest BCUT2D eigenvalue weighted by Gasteiger charge is 2.31. The maximum absolute atomic E-state index is 13.3. The number of ether oxygens (including phenoxy) is 1. The zero-order valence-corrected chi connectivity index (χ0v) is 23.0. The fourth-order valence-corrected chi connectivity index (χ4v) is 6.23. The first kappa shape index (κ1) is 26.9. The Hall–Kier alpha value is -1.69. The lowest BCUT2D eigenvalue weighted by atomic mass is 9.74. The second-order valence-corrected chi connectivity index (χ2v) is 12.1. The van der Waals surface area contributed by atoms with Crippen molar-refractivity contribution in [1.82, 2.24) is 5.32 Å². The van der Waals surface area contributed by atoms with E-state index in [1.165, 1.54) is 21.6 Å². The third kappa shape index (κ3) is 6.71. The molecule has 188 valence electrons. The van der Waals surface area contributed by atoms with E-state index >= 15 is 0 Å². The van der Waals surface area contributed by atoms with Gasteiger partial charge >= 0.3 is 0 Å². The SMILES string of the molecule is CCc1sc(C(=O)CCc2cc(C)c(OCC(O)CNC(C)C)c(C)c2)c2c1CC(C)(C)CC2. The number of fused-ring (bicyclic) bond motifs is 1. The quantitative estimate of drug-likeness (QED) is 0.384. The summed E-state index contributed by atoms with van der Waals surface area (Å²) in [5.74, 6) is 1.12. The molecule has 1 aliphatic rings. The molecule has 1 aromatic carbocycles. The van der Waals surface area contributed by atoms with Gasteiger partial charge in [0.15, 0.2) is 5.78 Å². The average molecular weight is 486 g/mol. The van der Waals surface area contributed by atoms with E-state index in [1.807, 2.05) is 13.8 Å². The molecule has 5 heteroatoms. The maximum Gasteiger partial charge on any atom is 0.173 e. The van der Waals surface area contributed by atoms with Crippen LogP contribution in [0.1, 0.15) is 89.8 Å². The third-order valence-electron chi connectivity index (χ3n) is 6.82. The van der Waals surface area contributed by atoms with Crippen molar-refractivity contribution < 1.29 is 14.6 Å². The minimum absolute atomic E-state index is 0.263. The molecule has 0 spiro atoms. The van der Waals surface area contributed by atoms with E-state index in [4.69, 9.17) is 4.74 Å². The van der Waals surface area contributed by atoms with Crippen LogP contribution in [0, 0.1) is 19.3 Å². The van der Waals surface area contributed by atoms with Gasteiger partial charge in [-0.05, 0) is 79.2 Å². The Balaban J connectivity index is 1.64. The normalized spacial score (nSPS) is 15.9. The summed E-state index contributed by atoms with van der Waals surface area (Å²) in [4.78, 5) is 15.7. The van der Waals surface area contributed by atoms with Gasteiger partial charge in [-0.2, -0.15) is 0 Å². The van der Waals surface area contributed by atoms with Crippen LogP contribution in [0.2, 0.25) is 0 Å². The van der Waals surface area contributed by atoms with Gasteiger partial charge in [-0.15, -0.1) is 11.3 Å². The van der Waals surface area contributed by atoms with Crippen molar-refractivity contribution in [2.45, 2.75) is 99.1 Å². The first-order chi connectivity index (χ1) is 16.0. The standard InChI is InChI=1S/C29H43NO3S/c1-8-26-24-15-29(6,7)12-11-23(24)28(34-26)25(32)10-9-21-13-19(4)27(20(5)14-21)33-17-22(31)16-30-18(2)3/h13-14,18,22,30-31H,8-12,15-17H2,1-7H3. The minimum Gasteiger partial charge on any atom is -0.490 e. The number of rotatable bonds is 11. The Morgan fingerprint density at radius 2 is 1.88 bits per heavy atom. The van der Waals surface area contributed by atoms with E-state index in [2.05, 4.69) is 52.1 Å². The lowest BCUT2D eigenvalue weighted by Crippen LogP contribution is -2.35. The van der Waals surface area contributed by atoms with Crippen LogP contribution in [0.15, 0.2) is 12.1 Å². The lowest BCUT2D eigenvalue weighted by Gasteiger charge is -2.30. The Labute approximate surface area is 210 Å². The van der Waals surface area contributed by atoms with Gasteiger partial charge in [0.25, 0.3) is 0 Å². The number of aliphatic hydroxyl groups excluding tert-OH is 1. The molecular weight excluding hydrogens is 442 g/mol. The number of carbonyl (C=O) groups excluding carboxylic acids is 1. The fraction of sp³-hybridized carbons (Fsp3) is 0.621. The van der Waals surface area contributed by atoms with Gasteiger partial charge in [0.1, 0.15) is 18.5 Å². The first-order valence-electron chi connectivity index (χ1n) is 12.8. The minimum atomic E-state index is -0.547. The number of aliphatic hydroxyl groups is 1. The summed E-state index contributed by atoms with van der Waals surface area (Å²) in [5, 5.41) is 13.4. The largest absolute Gasteiger partial charge is 0.490 e. The molecule has 1 atom stereocenters. The Morgan fingerprint density at radius 3 is 2.50 bits per heavy atom. The van der Waals surface area contributed by atoms with Crippen molar-refractivity contribution >= 4 is 17.1 Å². The molecular formula is C29H43NO3S. The van der Waals surface area contributed by atoms with E-state index in [9.17, 15) is 9.90 Å². The van der Waals surface area contributed by atoms with Crippen LogP contribution in [-0.2, 0) is 25.7 Å². The molecule has 1 aliphatic carbocycles. The Morgan fingerprint density at radius 1 is 1.21 bits per heavy atom. The topological polar surface area (TPSA) is 58.6 Å². The number of hydrogen-bond donors (Lipinski definition) is 2. The third-order valence-corrected chi connectivity index (χ3v) is 8.28. The van der Waals surface area contributed by atoms with E-state index in [0.29, 0.717) is 24.4 Å². The summed E-state index contributed by atoms with van der Waals surface area (Å²) >= 11 is 1.74. The van der Waals surface area contributed by atoms with Crippen LogP contribution in [0.4, 0.5) is 0 Å². The molecule has 0 radical (unpaired) electrons. The van der Waals surface area contributed by atoms with Gasteiger partial charge in [0, 0.05) is 23.9 Å². The van der Waals surface area contributed by atoms with Gasteiger partial charge in [-0.1, -0.05) is 46.8 Å². The first-order valence-corrected chi connectivity index (χ1v) is 13.6. The molecule has 1 unspecified atom stereocenters. The van der Waals surface area contributed by atoms with Crippen molar-refractivity contribution in [3.63, 3.8) is 0 Å². The number of thiophene rings is 1. The molecule has 2 N–H and O–H groups in total. The number of nitrogens with one attached hydrogen (secondary N) is 1. The molecule has 0 saturated carbocycles. The van der Waals surface area contributed by atoms with E-state index in [-0.39, 0.29) is 12.4 Å². The highest BCUT2D eigenvalue weighted by molar-refractivity contribution is 7.14. The summed E-state index contributed by atoms with van der Waals surface area (Å²) < 4.78 is 5.95. The molecule has 34 heavy (non-hydrogen) atoms. The number of Topliss-reactive ketones (excluding diaryl/α,β-unsaturated/α-hetero) is 1. The molecule has 3 rings (SSSR count). The molecule has 0 aliphatic heterocycles. The molecule has 4 nitrogen and oxygen atoms in total. The van der Waals surface area contributed by atoms with Gasteiger partial charge < -0.3 is 15.2 Å². The number of hydrogen-bond acceptors (Lipinski definition) is 5. The molecule has 0 saturated heterocycles. The number of benzene rings is 1. The zero-order chi connectivity index (χ0) is 25.0. The molecule has 2 aromatic rings. The van der Waals surface area contributed by atoms with Crippen LogP contribution in [0.5, 0.6) is 5.75 Å².